The van der Waals surface area contributed by atoms with Gasteiger partial charge in [0.25, 0.3) is 10.1 Å². The number of aromatic hydroxyl groups is 2. The van der Waals surface area contributed by atoms with Crippen LogP contribution in [-0.2, 0) is 14.9 Å². The predicted molar refractivity (Wildman–Crippen MR) is 114 cm³/mol. The number of rotatable bonds is 4. The van der Waals surface area contributed by atoms with Crippen LogP contribution in [0.2, 0.25) is 20.1 Å². The fourth-order valence-electron chi connectivity index (χ4n) is 3.23. The molecule has 3 rings (SSSR count). The maximum absolute atomic E-state index is 13.0. The summed E-state index contributed by atoms with van der Waals surface area (Å²) in [5.41, 5.74) is -0.857. The van der Waals surface area contributed by atoms with Gasteiger partial charge >= 0.3 is 0 Å². The maximum atomic E-state index is 13.0. The molecule has 5 nitrogen and oxygen atoms in total. The lowest BCUT2D eigenvalue weighted by Gasteiger charge is -2.34. The molecule has 3 N–H and O–H groups in total. The summed E-state index contributed by atoms with van der Waals surface area (Å²) in [4.78, 5) is 0. The van der Waals surface area contributed by atoms with Gasteiger partial charge in [0, 0.05) is 16.1 Å². The van der Waals surface area contributed by atoms with Crippen molar-refractivity contribution in [3.05, 3.63) is 91.4 Å². The molecule has 0 saturated carbocycles. The van der Waals surface area contributed by atoms with Crippen molar-refractivity contribution in [3.63, 3.8) is 0 Å². The summed E-state index contributed by atoms with van der Waals surface area (Å²) in [6, 6.07) is 12.2. The molecule has 1 unspecified atom stereocenters. The Morgan fingerprint density at radius 1 is 0.828 bits per heavy atom. The van der Waals surface area contributed by atoms with Crippen LogP contribution >= 0.6 is 46.4 Å². The Hall–Kier alpha value is -1.67. The van der Waals surface area contributed by atoms with Gasteiger partial charge in [0.15, 0.2) is 4.75 Å². The first-order chi connectivity index (χ1) is 13.5. The fraction of sp³-hybridized carbons (Fsp3) is 0.0526. The van der Waals surface area contributed by atoms with Crippen LogP contribution in [0.5, 0.6) is 11.5 Å². The van der Waals surface area contributed by atoms with Gasteiger partial charge in [0.2, 0.25) is 0 Å². The first-order valence-corrected chi connectivity index (χ1v) is 10.9. The number of phenols is 2. The summed E-state index contributed by atoms with van der Waals surface area (Å²) in [7, 11) is -5.16. The van der Waals surface area contributed by atoms with Crippen molar-refractivity contribution in [2.24, 2.45) is 0 Å². The Labute approximate surface area is 186 Å². The first kappa shape index (κ1) is 22.0. The van der Waals surface area contributed by atoms with Crippen molar-refractivity contribution in [1.82, 2.24) is 0 Å². The van der Waals surface area contributed by atoms with Gasteiger partial charge in [-0.05, 0) is 29.8 Å². The highest BCUT2D eigenvalue weighted by molar-refractivity contribution is 7.87. The van der Waals surface area contributed by atoms with Crippen molar-refractivity contribution >= 4 is 56.5 Å². The molecule has 0 aliphatic carbocycles. The average molecular weight is 494 g/mol. The highest BCUT2D eigenvalue weighted by atomic mass is 35.5. The van der Waals surface area contributed by atoms with E-state index < -0.39 is 31.9 Å². The molecule has 0 heterocycles. The molecule has 29 heavy (non-hydrogen) atoms. The van der Waals surface area contributed by atoms with Crippen molar-refractivity contribution in [2.45, 2.75) is 4.75 Å². The summed E-state index contributed by atoms with van der Waals surface area (Å²) in [5.74, 6) is -1.29. The van der Waals surface area contributed by atoms with E-state index in [1.165, 1.54) is 30.3 Å². The molecule has 0 saturated heterocycles. The molecule has 3 aromatic carbocycles. The molecule has 0 spiro atoms. The van der Waals surface area contributed by atoms with Gasteiger partial charge in [-0.3, -0.25) is 4.55 Å². The van der Waals surface area contributed by atoms with Crippen molar-refractivity contribution in [1.29, 1.82) is 0 Å². The first-order valence-electron chi connectivity index (χ1n) is 7.90. The van der Waals surface area contributed by atoms with E-state index in [2.05, 4.69) is 0 Å². The molecule has 0 fully saturated rings. The third-order valence-corrected chi connectivity index (χ3v) is 7.15. The van der Waals surface area contributed by atoms with Crippen LogP contribution in [0.3, 0.4) is 0 Å². The maximum Gasteiger partial charge on any atom is 0.283 e. The van der Waals surface area contributed by atoms with Crippen LogP contribution in [0.1, 0.15) is 16.7 Å². The summed E-state index contributed by atoms with van der Waals surface area (Å²) in [6.45, 7) is 0. The Morgan fingerprint density at radius 3 is 2.03 bits per heavy atom. The second-order valence-electron chi connectivity index (χ2n) is 6.06. The van der Waals surface area contributed by atoms with E-state index in [4.69, 9.17) is 46.4 Å². The third-order valence-electron chi connectivity index (χ3n) is 4.40. The number of phenolic OH excluding ortho intramolecular Hbond substituents is 2. The van der Waals surface area contributed by atoms with Crippen LogP contribution in [0.15, 0.2) is 54.6 Å². The number of hydrogen-bond acceptors (Lipinski definition) is 4. The molecule has 0 amide bonds. The van der Waals surface area contributed by atoms with Gasteiger partial charge in [-0.2, -0.15) is 8.42 Å². The zero-order valence-corrected chi connectivity index (χ0v) is 18.1. The molecule has 3 aromatic rings. The lowest BCUT2D eigenvalue weighted by atomic mass is 9.83. The van der Waals surface area contributed by atoms with E-state index in [0.29, 0.717) is 0 Å². The Kier molecular flexibility index (Phi) is 5.98. The van der Waals surface area contributed by atoms with Gasteiger partial charge in [0.05, 0.1) is 10.0 Å². The molecule has 10 heteroatoms. The Morgan fingerprint density at radius 2 is 1.45 bits per heavy atom. The van der Waals surface area contributed by atoms with Crippen LogP contribution in [0.25, 0.3) is 0 Å². The SMILES string of the molecule is O=S(=O)(O)C(c1ccccc1)(c1cc(Cl)ccc1O)c1c(Cl)cc(Cl)c(Cl)c1O. The van der Waals surface area contributed by atoms with E-state index >= 15 is 0 Å². The zero-order chi connectivity index (χ0) is 21.6. The van der Waals surface area contributed by atoms with Crippen LogP contribution in [0.4, 0.5) is 0 Å². The van der Waals surface area contributed by atoms with Crippen LogP contribution < -0.4 is 0 Å². The van der Waals surface area contributed by atoms with Crippen molar-refractivity contribution in [2.75, 3.05) is 0 Å². The molecule has 152 valence electrons. The van der Waals surface area contributed by atoms with Gasteiger partial charge < -0.3 is 10.2 Å². The van der Waals surface area contributed by atoms with E-state index in [0.717, 1.165) is 18.2 Å². The van der Waals surface area contributed by atoms with Crippen LogP contribution in [-0.4, -0.2) is 23.2 Å². The normalized spacial score (nSPS) is 13.8. The highest BCUT2D eigenvalue weighted by Crippen LogP contribution is 2.54. The molecule has 0 radical (unpaired) electrons. The lowest BCUT2D eigenvalue weighted by molar-refractivity contribution is 0.428. The quantitative estimate of drug-likeness (QED) is 0.239. The minimum atomic E-state index is -5.16. The molecular weight excluding hydrogens is 482 g/mol. The topological polar surface area (TPSA) is 94.8 Å². The second-order valence-corrected chi connectivity index (χ2v) is 9.25. The lowest BCUT2D eigenvalue weighted by Crippen LogP contribution is -2.38. The largest absolute Gasteiger partial charge is 0.508 e. The predicted octanol–water partition coefficient (Wildman–Crippen LogP) is 5.89. The standard InChI is InChI=1S/C19H12Cl4O5S/c20-11-6-7-15(24)12(8-11)19(29(26,27)28,10-4-2-1-3-5-10)16-13(21)9-14(22)17(23)18(16)25/h1-9,24-25H,(H,26,27,28). The van der Waals surface area contributed by atoms with Gasteiger partial charge in [-0.25, -0.2) is 0 Å². The summed E-state index contributed by atoms with van der Waals surface area (Å²) < 4.78 is 33.9. The smallest absolute Gasteiger partial charge is 0.283 e. The zero-order valence-electron chi connectivity index (χ0n) is 14.3. The van der Waals surface area contributed by atoms with E-state index in [1.807, 2.05) is 0 Å². The van der Waals surface area contributed by atoms with Gasteiger partial charge in [-0.1, -0.05) is 76.7 Å². The molecule has 0 aromatic heterocycles. The fourth-order valence-corrected chi connectivity index (χ4v) is 5.54. The number of hydrogen-bond donors (Lipinski definition) is 3. The summed E-state index contributed by atoms with van der Waals surface area (Å²) in [6.07, 6.45) is 0. The van der Waals surface area contributed by atoms with E-state index in [9.17, 15) is 23.2 Å². The summed E-state index contributed by atoms with van der Waals surface area (Å²) >= 11 is 24.3. The monoisotopic (exact) mass is 492 g/mol. The minimum Gasteiger partial charge on any atom is -0.508 e. The van der Waals surface area contributed by atoms with E-state index in [1.54, 1.807) is 6.07 Å². The highest BCUT2D eigenvalue weighted by Gasteiger charge is 2.53. The second kappa shape index (κ2) is 7.87. The molecule has 0 bridgehead atoms. The number of halogens is 4. The van der Waals surface area contributed by atoms with E-state index in [-0.39, 0.29) is 31.2 Å². The van der Waals surface area contributed by atoms with Crippen molar-refractivity contribution < 1.29 is 23.2 Å². The van der Waals surface area contributed by atoms with Gasteiger partial charge in [0.1, 0.15) is 16.5 Å². The molecule has 0 aliphatic rings. The van der Waals surface area contributed by atoms with Crippen molar-refractivity contribution in [3.8, 4) is 11.5 Å². The van der Waals surface area contributed by atoms with Gasteiger partial charge in [-0.15, -0.1) is 0 Å². The van der Waals surface area contributed by atoms with Crippen LogP contribution in [0, 0.1) is 0 Å². The average Bonchev–Trinajstić information content (AvgIpc) is 2.65. The molecule has 0 aliphatic heterocycles. The number of benzene rings is 3. The third kappa shape index (κ3) is 3.54. The Balaban J connectivity index is 2.67. The molecular formula is C19H12Cl4O5S. The molecule has 1 atom stereocenters. The summed E-state index contributed by atoms with van der Waals surface area (Å²) in [5, 5.41) is 20.5. The Bertz CT molecular complexity index is 1200. The minimum absolute atomic E-state index is 0.0318.